The van der Waals surface area contributed by atoms with Crippen molar-refractivity contribution in [3.63, 3.8) is 0 Å². The summed E-state index contributed by atoms with van der Waals surface area (Å²) in [5, 5.41) is 7.12. The monoisotopic (exact) mass is 352 g/mol. The molecule has 23 heavy (non-hydrogen) atoms. The van der Waals surface area contributed by atoms with Crippen molar-refractivity contribution in [1.82, 2.24) is 20.6 Å². The fourth-order valence-electron chi connectivity index (χ4n) is 1.62. The standard InChI is InChI=1S/C13H16N6O2S2/c14-9-6-10(15)18-13(17-9)23-7-11(20)19-12(21)16-4-3-8-2-1-5-22-8/h1-2,5-6H,3-4,7H2,(H4,14,15,17,18)(H2,16,19,20,21). The molecule has 0 fully saturated rings. The predicted molar refractivity (Wildman–Crippen MR) is 91.1 cm³/mol. The fraction of sp³-hybridized carbons (Fsp3) is 0.231. The number of carbonyl (C=O) groups excluding carboxylic acids is 2. The number of nitrogens with one attached hydrogen (secondary N) is 2. The number of anilines is 2. The minimum absolute atomic E-state index is 0.0127. The Balaban J connectivity index is 1.68. The molecule has 10 heteroatoms. The van der Waals surface area contributed by atoms with E-state index in [9.17, 15) is 9.59 Å². The number of carbonyl (C=O) groups is 2. The molecular weight excluding hydrogens is 336 g/mol. The van der Waals surface area contributed by atoms with Crippen LogP contribution in [-0.4, -0.2) is 34.2 Å². The van der Waals surface area contributed by atoms with Crippen molar-refractivity contribution in [3.05, 3.63) is 28.5 Å². The summed E-state index contributed by atoms with van der Waals surface area (Å²) in [6.07, 6.45) is 0.727. The normalized spacial score (nSPS) is 10.3. The third-order valence-corrected chi connectivity index (χ3v) is 4.35. The van der Waals surface area contributed by atoms with Crippen LogP contribution in [-0.2, 0) is 11.2 Å². The molecule has 0 bridgehead atoms. The lowest BCUT2D eigenvalue weighted by Crippen LogP contribution is -2.41. The van der Waals surface area contributed by atoms with Gasteiger partial charge in [0.1, 0.15) is 11.6 Å². The molecule has 0 aliphatic rings. The summed E-state index contributed by atoms with van der Waals surface area (Å²) in [5.41, 5.74) is 11.1. The second-order valence-electron chi connectivity index (χ2n) is 4.42. The summed E-state index contributed by atoms with van der Waals surface area (Å²) in [6.45, 7) is 0.460. The van der Waals surface area contributed by atoms with Crippen LogP contribution >= 0.6 is 23.1 Å². The molecule has 6 N–H and O–H groups in total. The molecule has 2 aromatic heterocycles. The number of imide groups is 1. The number of urea groups is 1. The Morgan fingerprint density at radius 1 is 1.26 bits per heavy atom. The van der Waals surface area contributed by atoms with Crippen LogP contribution in [0.3, 0.4) is 0 Å². The van der Waals surface area contributed by atoms with E-state index in [1.807, 2.05) is 17.5 Å². The molecule has 0 unspecified atom stereocenters. The van der Waals surface area contributed by atoms with Gasteiger partial charge in [-0.05, 0) is 17.9 Å². The number of amides is 3. The van der Waals surface area contributed by atoms with Gasteiger partial charge in [0.25, 0.3) is 0 Å². The SMILES string of the molecule is Nc1cc(N)nc(SCC(=O)NC(=O)NCCc2cccs2)n1. The van der Waals surface area contributed by atoms with Crippen molar-refractivity contribution >= 4 is 46.7 Å². The molecule has 0 aliphatic heterocycles. The van der Waals surface area contributed by atoms with Crippen LogP contribution in [0.2, 0.25) is 0 Å². The lowest BCUT2D eigenvalue weighted by atomic mass is 10.3. The zero-order valence-electron chi connectivity index (χ0n) is 12.1. The number of hydrogen-bond acceptors (Lipinski definition) is 8. The Morgan fingerprint density at radius 3 is 2.65 bits per heavy atom. The van der Waals surface area contributed by atoms with Gasteiger partial charge < -0.3 is 16.8 Å². The van der Waals surface area contributed by atoms with E-state index in [0.717, 1.165) is 18.2 Å². The molecule has 0 spiro atoms. The summed E-state index contributed by atoms with van der Waals surface area (Å²) >= 11 is 2.67. The summed E-state index contributed by atoms with van der Waals surface area (Å²) in [6, 6.07) is 4.83. The van der Waals surface area contributed by atoms with Crippen molar-refractivity contribution in [1.29, 1.82) is 0 Å². The molecule has 2 rings (SSSR count). The topological polar surface area (TPSA) is 136 Å². The highest BCUT2D eigenvalue weighted by molar-refractivity contribution is 7.99. The zero-order chi connectivity index (χ0) is 16.7. The highest BCUT2D eigenvalue weighted by atomic mass is 32.2. The number of hydrogen-bond donors (Lipinski definition) is 4. The molecule has 0 saturated heterocycles. The van der Waals surface area contributed by atoms with Crippen LogP contribution in [0.25, 0.3) is 0 Å². The minimum Gasteiger partial charge on any atom is -0.383 e. The van der Waals surface area contributed by atoms with Crippen LogP contribution in [0.5, 0.6) is 0 Å². The first kappa shape index (κ1) is 17.0. The summed E-state index contributed by atoms with van der Waals surface area (Å²) in [5.74, 6) is -0.00648. The number of nitrogen functional groups attached to an aromatic ring is 2. The van der Waals surface area contributed by atoms with E-state index < -0.39 is 11.9 Å². The quantitative estimate of drug-likeness (QED) is 0.447. The van der Waals surface area contributed by atoms with Gasteiger partial charge >= 0.3 is 6.03 Å². The van der Waals surface area contributed by atoms with Crippen LogP contribution in [0, 0.1) is 0 Å². The molecule has 0 radical (unpaired) electrons. The Bertz CT molecular complexity index is 657. The molecule has 2 aromatic rings. The van der Waals surface area contributed by atoms with Gasteiger partial charge in [0.2, 0.25) is 5.91 Å². The lowest BCUT2D eigenvalue weighted by molar-refractivity contribution is -0.117. The van der Waals surface area contributed by atoms with E-state index in [1.165, 1.54) is 10.9 Å². The van der Waals surface area contributed by atoms with Gasteiger partial charge in [-0.25, -0.2) is 14.8 Å². The van der Waals surface area contributed by atoms with E-state index in [1.54, 1.807) is 11.3 Å². The molecule has 8 nitrogen and oxygen atoms in total. The maximum absolute atomic E-state index is 11.7. The number of thiophene rings is 1. The van der Waals surface area contributed by atoms with Gasteiger partial charge in [0, 0.05) is 17.5 Å². The first-order chi connectivity index (χ1) is 11.0. The van der Waals surface area contributed by atoms with Crippen molar-refractivity contribution in [2.75, 3.05) is 23.8 Å². The van der Waals surface area contributed by atoms with Crippen LogP contribution in [0.4, 0.5) is 16.4 Å². The number of nitrogens with zero attached hydrogens (tertiary/aromatic N) is 2. The van der Waals surface area contributed by atoms with E-state index in [2.05, 4.69) is 20.6 Å². The van der Waals surface area contributed by atoms with Gasteiger partial charge in [-0.1, -0.05) is 17.8 Å². The van der Waals surface area contributed by atoms with Gasteiger partial charge in [-0.15, -0.1) is 11.3 Å². The van der Waals surface area contributed by atoms with Gasteiger partial charge in [-0.3, -0.25) is 10.1 Å². The molecule has 0 aliphatic carbocycles. The maximum atomic E-state index is 11.7. The van der Waals surface area contributed by atoms with Gasteiger partial charge in [-0.2, -0.15) is 0 Å². The highest BCUT2D eigenvalue weighted by Gasteiger charge is 2.10. The average Bonchev–Trinajstić information content (AvgIpc) is 2.97. The van der Waals surface area contributed by atoms with Crippen molar-refractivity contribution < 1.29 is 9.59 Å². The highest BCUT2D eigenvalue weighted by Crippen LogP contribution is 2.15. The number of nitrogens with two attached hydrogens (primary N) is 2. The molecule has 3 amide bonds. The van der Waals surface area contributed by atoms with Gasteiger partial charge in [0.15, 0.2) is 5.16 Å². The predicted octanol–water partition coefficient (Wildman–Crippen LogP) is 0.863. The third-order valence-electron chi connectivity index (χ3n) is 2.57. The third kappa shape index (κ3) is 6.12. The second-order valence-corrected chi connectivity index (χ2v) is 6.40. The molecule has 2 heterocycles. The maximum Gasteiger partial charge on any atom is 0.321 e. The molecule has 0 saturated carbocycles. The van der Waals surface area contributed by atoms with Crippen LogP contribution in [0.1, 0.15) is 4.88 Å². The average molecular weight is 352 g/mol. The first-order valence-electron chi connectivity index (χ1n) is 6.66. The summed E-state index contributed by atoms with van der Waals surface area (Å²) in [7, 11) is 0. The Kier molecular flexibility index (Phi) is 6.18. The molecule has 0 aromatic carbocycles. The molecule has 0 atom stereocenters. The molecule has 122 valence electrons. The summed E-state index contributed by atoms with van der Waals surface area (Å²) in [4.78, 5) is 32.3. The minimum atomic E-state index is -0.528. The lowest BCUT2D eigenvalue weighted by Gasteiger charge is -2.06. The van der Waals surface area contributed by atoms with E-state index in [0.29, 0.717) is 6.54 Å². The Hall–Kier alpha value is -2.33. The second kappa shape index (κ2) is 8.34. The fourth-order valence-corrected chi connectivity index (χ4v) is 3.00. The van der Waals surface area contributed by atoms with E-state index in [-0.39, 0.29) is 22.5 Å². The largest absolute Gasteiger partial charge is 0.383 e. The number of aromatic nitrogens is 2. The first-order valence-corrected chi connectivity index (χ1v) is 8.52. The van der Waals surface area contributed by atoms with Crippen molar-refractivity contribution in [3.8, 4) is 0 Å². The van der Waals surface area contributed by atoms with Crippen molar-refractivity contribution in [2.24, 2.45) is 0 Å². The van der Waals surface area contributed by atoms with E-state index >= 15 is 0 Å². The number of rotatable bonds is 6. The van der Waals surface area contributed by atoms with Crippen molar-refractivity contribution in [2.45, 2.75) is 11.6 Å². The Labute approximate surface area is 141 Å². The smallest absolute Gasteiger partial charge is 0.321 e. The Morgan fingerprint density at radius 2 is 2.00 bits per heavy atom. The zero-order valence-corrected chi connectivity index (χ0v) is 13.7. The summed E-state index contributed by atoms with van der Waals surface area (Å²) < 4.78 is 0. The van der Waals surface area contributed by atoms with Crippen LogP contribution in [0.15, 0.2) is 28.7 Å². The number of thioether (sulfide) groups is 1. The van der Waals surface area contributed by atoms with E-state index in [4.69, 9.17) is 11.5 Å². The van der Waals surface area contributed by atoms with Gasteiger partial charge in [0.05, 0.1) is 5.75 Å². The van der Waals surface area contributed by atoms with Crippen LogP contribution < -0.4 is 22.1 Å². The molecular formula is C13H16N6O2S2.